The van der Waals surface area contributed by atoms with E-state index in [0.29, 0.717) is 11.2 Å². The highest BCUT2D eigenvalue weighted by Crippen LogP contribution is 2.26. The van der Waals surface area contributed by atoms with Gasteiger partial charge in [0, 0.05) is 6.20 Å². The van der Waals surface area contributed by atoms with Crippen LogP contribution >= 0.6 is 0 Å². The quantitative estimate of drug-likeness (QED) is 0.713. The van der Waals surface area contributed by atoms with Gasteiger partial charge in [-0.05, 0) is 24.6 Å². The van der Waals surface area contributed by atoms with Gasteiger partial charge in [-0.15, -0.1) is 0 Å². The summed E-state index contributed by atoms with van der Waals surface area (Å²) in [5, 5.41) is 0. The Balaban J connectivity index is 2.42. The van der Waals surface area contributed by atoms with Crippen molar-refractivity contribution in [3.63, 3.8) is 0 Å². The molecular weight excluding hydrogens is 231 g/mol. The summed E-state index contributed by atoms with van der Waals surface area (Å²) in [6.45, 7) is 1.84. The number of imidazole rings is 1. The van der Waals surface area contributed by atoms with E-state index in [4.69, 9.17) is 5.73 Å². The van der Waals surface area contributed by atoms with Crippen LogP contribution in [-0.4, -0.2) is 14.5 Å². The molecule has 0 aliphatic rings. The zero-order valence-electron chi connectivity index (χ0n) is 9.76. The van der Waals surface area contributed by atoms with Gasteiger partial charge >= 0.3 is 0 Å². The van der Waals surface area contributed by atoms with Gasteiger partial charge in [0.1, 0.15) is 11.3 Å². The Morgan fingerprint density at radius 3 is 2.89 bits per heavy atom. The Morgan fingerprint density at radius 2 is 2.11 bits per heavy atom. The number of benzene rings is 1. The Labute approximate surface area is 103 Å². The van der Waals surface area contributed by atoms with E-state index >= 15 is 0 Å². The topological polar surface area (TPSA) is 56.7 Å². The van der Waals surface area contributed by atoms with Gasteiger partial charge in [0.05, 0.1) is 17.4 Å². The third-order valence-electron chi connectivity index (χ3n) is 2.89. The molecule has 18 heavy (non-hydrogen) atoms. The van der Waals surface area contributed by atoms with Gasteiger partial charge in [-0.1, -0.05) is 12.1 Å². The van der Waals surface area contributed by atoms with E-state index < -0.39 is 0 Å². The van der Waals surface area contributed by atoms with Gasteiger partial charge in [-0.3, -0.25) is 9.55 Å². The van der Waals surface area contributed by atoms with Crippen molar-refractivity contribution in [2.75, 3.05) is 5.73 Å². The molecule has 0 aliphatic carbocycles. The van der Waals surface area contributed by atoms with Crippen molar-refractivity contribution < 1.29 is 4.39 Å². The van der Waals surface area contributed by atoms with Crippen LogP contribution in [0.25, 0.3) is 16.7 Å². The SMILES string of the molecule is Cc1cccc(F)c1-n1c(N)nc2cnccc21. The van der Waals surface area contributed by atoms with Crippen LogP contribution in [0.5, 0.6) is 0 Å². The van der Waals surface area contributed by atoms with Crippen molar-refractivity contribution in [2.24, 2.45) is 0 Å². The average molecular weight is 242 g/mol. The molecule has 0 amide bonds. The Morgan fingerprint density at radius 1 is 1.28 bits per heavy atom. The molecule has 90 valence electrons. The maximum Gasteiger partial charge on any atom is 0.206 e. The molecule has 0 saturated carbocycles. The minimum Gasteiger partial charge on any atom is -0.369 e. The number of halogens is 1. The number of hydrogen-bond donors (Lipinski definition) is 1. The number of nitrogens with two attached hydrogens (primary N) is 1. The standard InChI is InChI=1S/C13H11FN4/c1-8-3-2-4-9(14)12(8)18-11-5-6-16-7-10(11)17-13(18)15/h2-7H,1H3,(H2,15,17). The molecule has 0 spiro atoms. The predicted molar refractivity (Wildman–Crippen MR) is 68.0 cm³/mol. The van der Waals surface area contributed by atoms with Crippen molar-refractivity contribution in [1.82, 2.24) is 14.5 Å². The third-order valence-corrected chi connectivity index (χ3v) is 2.89. The summed E-state index contributed by atoms with van der Waals surface area (Å²) >= 11 is 0. The molecule has 0 unspecified atom stereocenters. The average Bonchev–Trinajstić information content (AvgIpc) is 2.66. The minimum atomic E-state index is -0.321. The normalized spacial score (nSPS) is 11.0. The zero-order chi connectivity index (χ0) is 12.7. The van der Waals surface area contributed by atoms with Gasteiger partial charge in [0.2, 0.25) is 5.95 Å². The summed E-state index contributed by atoms with van der Waals surface area (Å²) in [6, 6.07) is 6.69. The number of hydrogen-bond acceptors (Lipinski definition) is 3. The molecule has 0 bridgehead atoms. The number of nitrogen functional groups attached to an aromatic ring is 1. The molecule has 4 nitrogen and oxygen atoms in total. The van der Waals surface area contributed by atoms with E-state index in [1.54, 1.807) is 29.1 Å². The number of anilines is 1. The first-order valence-electron chi connectivity index (χ1n) is 5.52. The van der Waals surface area contributed by atoms with Crippen molar-refractivity contribution >= 4 is 17.0 Å². The van der Waals surface area contributed by atoms with Gasteiger partial charge in [0.15, 0.2) is 0 Å². The van der Waals surface area contributed by atoms with Gasteiger partial charge in [-0.2, -0.15) is 0 Å². The molecule has 2 aromatic heterocycles. The second-order valence-electron chi connectivity index (χ2n) is 4.08. The lowest BCUT2D eigenvalue weighted by atomic mass is 10.2. The summed E-state index contributed by atoms with van der Waals surface area (Å²) in [5.74, 6) is -0.0657. The summed E-state index contributed by atoms with van der Waals surface area (Å²) in [5.41, 5.74) is 8.51. The van der Waals surface area contributed by atoms with Crippen LogP contribution in [0.4, 0.5) is 10.3 Å². The van der Waals surface area contributed by atoms with E-state index in [-0.39, 0.29) is 11.8 Å². The monoisotopic (exact) mass is 242 g/mol. The molecule has 0 aliphatic heterocycles. The van der Waals surface area contributed by atoms with E-state index in [9.17, 15) is 4.39 Å². The Bertz CT molecular complexity index is 713. The molecular formula is C13H11FN4. The van der Waals surface area contributed by atoms with E-state index in [1.807, 2.05) is 13.0 Å². The lowest BCUT2D eigenvalue weighted by Gasteiger charge is -2.10. The van der Waals surface area contributed by atoms with E-state index in [0.717, 1.165) is 11.1 Å². The highest BCUT2D eigenvalue weighted by atomic mass is 19.1. The fraction of sp³-hybridized carbons (Fsp3) is 0.0769. The fourth-order valence-electron chi connectivity index (χ4n) is 2.09. The molecule has 2 N–H and O–H groups in total. The van der Waals surface area contributed by atoms with Crippen LogP contribution < -0.4 is 5.73 Å². The third kappa shape index (κ3) is 1.44. The Kier molecular flexibility index (Phi) is 2.26. The van der Waals surface area contributed by atoms with Crippen LogP contribution in [0.1, 0.15) is 5.56 Å². The maximum absolute atomic E-state index is 14.0. The second kappa shape index (κ2) is 3.80. The zero-order valence-corrected chi connectivity index (χ0v) is 9.76. The largest absolute Gasteiger partial charge is 0.369 e. The number of nitrogens with zero attached hydrogens (tertiary/aromatic N) is 3. The van der Waals surface area contributed by atoms with Crippen molar-refractivity contribution in [2.45, 2.75) is 6.92 Å². The lowest BCUT2D eigenvalue weighted by Crippen LogP contribution is -2.04. The van der Waals surface area contributed by atoms with Crippen LogP contribution in [0, 0.1) is 12.7 Å². The molecule has 3 aromatic rings. The first kappa shape index (κ1) is 10.7. The molecule has 3 rings (SSSR count). The van der Waals surface area contributed by atoms with Crippen LogP contribution in [0.3, 0.4) is 0 Å². The molecule has 2 heterocycles. The maximum atomic E-state index is 14.0. The number of aryl methyl sites for hydroxylation is 1. The number of fused-ring (bicyclic) bond motifs is 1. The first-order valence-corrected chi connectivity index (χ1v) is 5.52. The summed E-state index contributed by atoms with van der Waals surface area (Å²) in [7, 11) is 0. The van der Waals surface area contributed by atoms with Crippen LogP contribution in [0.2, 0.25) is 0 Å². The molecule has 0 radical (unpaired) electrons. The highest BCUT2D eigenvalue weighted by Gasteiger charge is 2.15. The van der Waals surface area contributed by atoms with Crippen LogP contribution in [-0.2, 0) is 0 Å². The molecule has 0 fully saturated rings. The molecule has 5 heteroatoms. The fourth-order valence-corrected chi connectivity index (χ4v) is 2.09. The van der Waals surface area contributed by atoms with E-state index in [2.05, 4.69) is 9.97 Å². The lowest BCUT2D eigenvalue weighted by molar-refractivity contribution is 0.618. The molecule has 1 aromatic carbocycles. The number of rotatable bonds is 1. The first-order chi connectivity index (χ1) is 8.68. The van der Waals surface area contributed by atoms with Crippen LogP contribution in [0.15, 0.2) is 36.7 Å². The number of para-hydroxylation sites is 1. The van der Waals surface area contributed by atoms with Crippen molar-refractivity contribution in [1.29, 1.82) is 0 Å². The summed E-state index contributed by atoms with van der Waals surface area (Å²) in [4.78, 5) is 8.16. The van der Waals surface area contributed by atoms with Gasteiger partial charge < -0.3 is 5.73 Å². The van der Waals surface area contributed by atoms with E-state index in [1.165, 1.54) is 6.07 Å². The van der Waals surface area contributed by atoms with Gasteiger partial charge in [0.25, 0.3) is 0 Å². The highest BCUT2D eigenvalue weighted by molar-refractivity contribution is 5.80. The summed E-state index contributed by atoms with van der Waals surface area (Å²) in [6.07, 6.45) is 3.24. The number of pyridine rings is 1. The van der Waals surface area contributed by atoms with Crippen molar-refractivity contribution in [3.05, 3.63) is 48.0 Å². The molecule has 0 atom stereocenters. The van der Waals surface area contributed by atoms with Gasteiger partial charge in [-0.25, -0.2) is 9.37 Å². The predicted octanol–water partition coefficient (Wildman–Crippen LogP) is 2.45. The smallest absolute Gasteiger partial charge is 0.206 e. The Hall–Kier alpha value is -2.43. The minimum absolute atomic E-state index is 0.256. The second-order valence-corrected chi connectivity index (χ2v) is 4.08. The van der Waals surface area contributed by atoms with Crippen molar-refractivity contribution in [3.8, 4) is 5.69 Å². The number of aromatic nitrogens is 3. The molecule has 0 saturated heterocycles. The summed E-state index contributed by atoms with van der Waals surface area (Å²) < 4.78 is 15.6.